The first kappa shape index (κ1) is 16.4. The number of rotatable bonds is 5. The van der Waals surface area contributed by atoms with Crippen molar-refractivity contribution in [1.29, 1.82) is 0 Å². The van der Waals surface area contributed by atoms with E-state index in [1.807, 2.05) is 36.4 Å². The van der Waals surface area contributed by atoms with Crippen LogP contribution in [0.4, 0.5) is 5.69 Å². The summed E-state index contributed by atoms with van der Waals surface area (Å²) in [7, 11) is 3.06. The van der Waals surface area contributed by atoms with Gasteiger partial charge in [-0.25, -0.2) is 0 Å². The lowest BCUT2D eigenvalue weighted by atomic mass is 9.91. The molecule has 0 saturated carbocycles. The van der Waals surface area contributed by atoms with Crippen molar-refractivity contribution in [2.24, 2.45) is 0 Å². The van der Waals surface area contributed by atoms with Crippen LogP contribution in [0.2, 0.25) is 0 Å². The highest BCUT2D eigenvalue weighted by Gasteiger charge is 2.24. The normalized spacial score (nSPS) is 15.2. The van der Waals surface area contributed by atoms with E-state index in [2.05, 4.69) is 17.0 Å². The number of anilines is 1. The van der Waals surface area contributed by atoms with Crippen molar-refractivity contribution in [3.63, 3.8) is 0 Å². The number of hydrogen-bond donors (Lipinski definition) is 0. The van der Waals surface area contributed by atoms with Crippen molar-refractivity contribution in [3.8, 4) is 5.75 Å². The minimum absolute atomic E-state index is 0.255. The molecular formula is C20H23NO3. The second kappa shape index (κ2) is 7.39. The number of methoxy groups -OCH3 is 2. The maximum Gasteiger partial charge on any atom is 0.317 e. The third-order valence-corrected chi connectivity index (χ3v) is 4.58. The van der Waals surface area contributed by atoms with Crippen molar-refractivity contribution in [2.75, 3.05) is 32.2 Å². The Hall–Kier alpha value is -2.49. The quantitative estimate of drug-likeness (QED) is 0.787. The van der Waals surface area contributed by atoms with Gasteiger partial charge in [-0.05, 0) is 48.2 Å². The van der Waals surface area contributed by atoms with Gasteiger partial charge in [0.1, 0.15) is 11.7 Å². The maximum atomic E-state index is 12.3. The van der Waals surface area contributed by atoms with Crippen molar-refractivity contribution in [3.05, 3.63) is 59.7 Å². The molecule has 0 aliphatic carbocycles. The van der Waals surface area contributed by atoms with Gasteiger partial charge in [0.05, 0.1) is 14.2 Å². The molecule has 126 valence electrons. The molecule has 0 spiro atoms. The van der Waals surface area contributed by atoms with E-state index >= 15 is 0 Å². The molecule has 3 rings (SSSR count). The summed E-state index contributed by atoms with van der Waals surface area (Å²) in [5, 5.41) is 0. The highest BCUT2D eigenvalue weighted by Crippen LogP contribution is 2.30. The number of benzene rings is 2. The van der Waals surface area contributed by atoms with E-state index in [4.69, 9.17) is 9.47 Å². The van der Waals surface area contributed by atoms with Crippen LogP contribution >= 0.6 is 0 Å². The third kappa shape index (κ3) is 3.37. The molecule has 0 aromatic heterocycles. The summed E-state index contributed by atoms with van der Waals surface area (Å²) in [4.78, 5) is 14.7. The molecule has 1 atom stereocenters. The van der Waals surface area contributed by atoms with E-state index in [0.717, 1.165) is 30.0 Å². The van der Waals surface area contributed by atoms with Gasteiger partial charge in [0.25, 0.3) is 0 Å². The van der Waals surface area contributed by atoms with Gasteiger partial charge in [0, 0.05) is 18.8 Å². The highest BCUT2D eigenvalue weighted by molar-refractivity contribution is 5.82. The number of carbonyl (C=O) groups is 1. The average molecular weight is 325 g/mol. The zero-order chi connectivity index (χ0) is 16.9. The Morgan fingerprint density at radius 2 is 1.46 bits per heavy atom. The fourth-order valence-electron chi connectivity index (χ4n) is 3.23. The van der Waals surface area contributed by atoms with Crippen LogP contribution in [-0.4, -0.2) is 33.3 Å². The molecule has 1 fully saturated rings. The Balaban J connectivity index is 1.88. The molecule has 4 heteroatoms. The van der Waals surface area contributed by atoms with Gasteiger partial charge in [-0.2, -0.15) is 0 Å². The molecule has 1 saturated heterocycles. The summed E-state index contributed by atoms with van der Waals surface area (Å²) in [6.07, 6.45) is 2.50. The molecule has 0 radical (unpaired) electrons. The van der Waals surface area contributed by atoms with Crippen LogP contribution in [-0.2, 0) is 9.53 Å². The fourth-order valence-corrected chi connectivity index (χ4v) is 3.23. The van der Waals surface area contributed by atoms with Crippen molar-refractivity contribution in [2.45, 2.75) is 18.8 Å². The van der Waals surface area contributed by atoms with E-state index in [9.17, 15) is 4.79 Å². The third-order valence-electron chi connectivity index (χ3n) is 4.58. The minimum atomic E-state index is -0.423. The van der Waals surface area contributed by atoms with Crippen LogP contribution in [0.25, 0.3) is 0 Å². The zero-order valence-electron chi connectivity index (χ0n) is 14.2. The predicted octanol–water partition coefficient (Wildman–Crippen LogP) is 3.60. The SMILES string of the molecule is COC(=O)C(c1ccc(OC)cc1)c1ccc(N2CCCC2)cc1. The molecule has 1 aliphatic heterocycles. The van der Waals surface area contributed by atoms with Gasteiger partial charge < -0.3 is 14.4 Å². The molecule has 24 heavy (non-hydrogen) atoms. The second-order valence-electron chi connectivity index (χ2n) is 6.02. The van der Waals surface area contributed by atoms with Crippen molar-refractivity contribution in [1.82, 2.24) is 0 Å². The molecule has 1 aliphatic rings. The Bertz CT molecular complexity index is 673. The van der Waals surface area contributed by atoms with Crippen LogP contribution in [0.15, 0.2) is 48.5 Å². The van der Waals surface area contributed by atoms with Crippen LogP contribution in [0.1, 0.15) is 29.9 Å². The minimum Gasteiger partial charge on any atom is -0.497 e. The van der Waals surface area contributed by atoms with Gasteiger partial charge in [-0.1, -0.05) is 24.3 Å². The molecule has 0 amide bonds. The number of esters is 1. The smallest absolute Gasteiger partial charge is 0.317 e. The summed E-state index contributed by atoms with van der Waals surface area (Å²) in [6.45, 7) is 2.22. The Morgan fingerprint density at radius 1 is 0.917 bits per heavy atom. The molecule has 2 aromatic carbocycles. The van der Waals surface area contributed by atoms with Gasteiger partial charge in [0.15, 0.2) is 0 Å². The largest absolute Gasteiger partial charge is 0.497 e. The van der Waals surface area contributed by atoms with Crippen molar-refractivity contribution < 1.29 is 14.3 Å². The van der Waals surface area contributed by atoms with Crippen LogP contribution < -0.4 is 9.64 Å². The predicted molar refractivity (Wildman–Crippen MR) is 94.7 cm³/mol. The summed E-state index contributed by atoms with van der Waals surface area (Å²) in [5.74, 6) is 0.0920. The first-order valence-electron chi connectivity index (χ1n) is 8.29. The molecule has 0 bridgehead atoms. The molecule has 2 aromatic rings. The monoisotopic (exact) mass is 325 g/mol. The molecule has 1 heterocycles. The lowest BCUT2D eigenvalue weighted by Crippen LogP contribution is -2.18. The summed E-state index contributed by atoms with van der Waals surface area (Å²) in [5.41, 5.74) is 3.06. The van der Waals surface area contributed by atoms with Crippen LogP contribution in [0.5, 0.6) is 5.75 Å². The van der Waals surface area contributed by atoms with Gasteiger partial charge in [0.2, 0.25) is 0 Å². The van der Waals surface area contributed by atoms with Crippen LogP contribution in [0, 0.1) is 0 Å². The molecule has 4 nitrogen and oxygen atoms in total. The van der Waals surface area contributed by atoms with E-state index in [1.165, 1.54) is 25.6 Å². The maximum absolute atomic E-state index is 12.3. The van der Waals surface area contributed by atoms with Crippen molar-refractivity contribution >= 4 is 11.7 Å². The molecule has 1 unspecified atom stereocenters. The average Bonchev–Trinajstić information content (AvgIpc) is 3.17. The fraction of sp³-hybridized carbons (Fsp3) is 0.350. The zero-order valence-corrected chi connectivity index (χ0v) is 14.2. The van der Waals surface area contributed by atoms with E-state index in [0.29, 0.717) is 0 Å². The highest BCUT2D eigenvalue weighted by atomic mass is 16.5. The summed E-state index contributed by atoms with van der Waals surface area (Å²) in [6, 6.07) is 15.8. The van der Waals surface area contributed by atoms with E-state index < -0.39 is 5.92 Å². The summed E-state index contributed by atoms with van der Waals surface area (Å²) >= 11 is 0. The van der Waals surface area contributed by atoms with Crippen LogP contribution in [0.3, 0.4) is 0 Å². The summed E-state index contributed by atoms with van der Waals surface area (Å²) < 4.78 is 10.2. The lowest BCUT2D eigenvalue weighted by Gasteiger charge is -2.20. The Morgan fingerprint density at radius 3 is 1.96 bits per heavy atom. The number of hydrogen-bond acceptors (Lipinski definition) is 4. The number of ether oxygens (including phenoxy) is 2. The lowest BCUT2D eigenvalue weighted by molar-refractivity contribution is -0.141. The second-order valence-corrected chi connectivity index (χ2v) is 6.02. The first-order valence-corrected chi connectivity index (χ1v) is 8.29. The van der Waals surface area contributed by atoms with Gasteiger partial charge in [-0.3, -0.25) is 4.79 Å². The van der Waals surface area contributed by atoms with E-state index in [1.54, 1.807) is 7.11 Å². The Labute approximate surface area is 143 Å². The Kier molecular flexibility index (Phi) is 5.04. The van der Waals surface area contributed by atoms with Gasteiger partial charge >= 0.3 is 5.97 Å². The first-order chi connectivity index (χ1) is 11.7. The van der Waals surface area contributed by atoms with Gasteiger partial charge in [-0.15, -0.1) is 0 Å². The molecular weight excluding hydrogens is 302 g/mol. The number of nitrogens with zero attached hydrogens (tertiary/aromatic N) is 1. The standard InChI is InChI=1S/C20H23NO3/c1-23-18-11-7-16(8-12-18)19(20(22)24-2)15-5-9-17(10-6-15)21-13-3-4-14-21/h5-12,19H,3-4,13-14H2,1-2H3. The number of carbonyl (C=O) groups excluding carboxylic acids is 1. The van der Waals surface area contributed by atoms with E-state index in [-0.39, 0.29) is 5.97 Å². The molecule has 0 N–H and O–H groups in total. The topological polar surface area (TPSA) is 38.8 Å².